The van der Waals surface area contributed by atoms with Gasteiger partial charge in [-0.25, -0.2) is 0 Å². The van der Waals surface area contributed by atoms with Gasteiger partial charge in [-0.05, 0) is 46.1 Å². The summed E-state index contributed by atoms with van der Waals surface area (Å²) in [4.78, 5) is 11.8. The van der Waals surface area contributed by atoms with E-state index in [2.05, 4.69) is 21.2 Å². The van der Waals surface area contributed by atoms with Crippen LogP contribution >= 0.6 is 15.9 Å². The van der Waals surface area contributed by atoms with Crippen molar-refractivity contribution in [3.05, 3.63) is 64.1 Å². The molecule has 0 fully saturated rings. The Labute approximate surface area is 145 Å². The quantitative estimate of drug-likeness (QED) is 0.778. The molecule has 23 heavy (non-hydrogen) atoms. The number of carbonyl (C=O) groups excluding carboxylic acids is 1. The molecule has 0 aliphatic rings. The van der Waals surface area contributed by atoms with Crippen molar-refractivity contribution < 1.29 is 9.53 Å². The summed E-state index contributed by atoms with van der Waals surface area (Å²) in [5.41, 5.74) is 8.20. The molecule has 3 N–H and O–H groups in total. The standard InChI is InChI=1S/C18H21BrN2O2/c1-13-7-8-17(15(19)11-13)23-10-9-18(22)21-12-16(20)14-5-3-2-4-6-14/h2-8,11,16H,9-10,12,20H2,1H3,(H,21,22). The second kappa shape index (κ2) is 8.70. The smallest absolute Gasteiger partial charge is 0.223 e. The average Bonchev–Trinajstić information content (AvgIpc) is 2.55. The van der Waals surface area contributed by atoms with Crippen LogP contribution in [-0.4, -0.2) is 19.1 Å². The number of amides is 1. The minimum Gasteiger partial charge on any atom is -0.492 e. The zero-order valence-electron chi connectivity index (χ0n) is 13.1. The SMILES string of the molecule is Cc1ccc(OCCC(=O)NCC(N)c2ccccc2)c(Br)c1. The largest absolute Gasteiger partial charge is 0.492 e. The molecule has 1 atom stereocenters. The maximum absolute atomic E-state index is 11.8. The van der Waals surface area contributed by atoms with Crippen molar-refractivity contribution in [2.45, 2.75) is 19.4 Å². The lowest BCUT2D eigenvalue weighted by molar-refractivity contribution is -0.121. The zero-order chi connectivity index (χ0) is 16.7. The molecule has 122 valence electrons. The van der Waals surface area contributed by atoms with Crippen LogP contribution in [0.15, 0.2) is 53.0 Å². The van der Waals surface area contributed by atoms with Gasteiger partial charge in [-0.1, -0.05) is 36.4 Å². The Balaban J connectivity index is 1.71. The van der Waals surface area contributed by atoms with Crippen LogP contribution in [0.2, 0.25) is 0 Å². The van der Waals surface area contributed by atoms with E-state index in [0.717, 1.165) is 21.3 Å². The van der Waals surface area contributed by atoms with Crippen LogP contribution in [0.1, 0.15) is 23.6 Å². The van der Waals surface area contributed by atoms with E-state index in [0.29, 0.717) is 19.6 Å². The van der Waals surface area contributed by atoms with E-state index in [4.69, 9.17) is 10.5 Å². The molecule has 0 bridgehead atoms. The molecule has 0 saturated heterocycles. The summed E-state index contributed by atoms with van der Waals surface area (Å²) >= 11 is 3.45. The number of hydrogen-bond acceptors (Lipinski definition) is 3. The van der Waals surface area contributed by atoms with Crippen molar-refractivity contribution >= 4 is 21.8 Å². The average molecular weight is 377 g/mol. The van der Waals surface area contributed by atoms with Gasteiger partial charge in [0.15, 0.2) is 0 Å². The molecule has 1 amide bonds. The van der Waals surface area contributed by atoms with E-state index in [-0.39, 0.29) is 11.9 Å². The highest BCUT2D eigenvalue weighted by molar-refractivity contribution is 9.10. The molecule has 0 radical (unpaired) electrons. The normalized spacial score (nSPS) is 11.8. The van der Waals surface area contributed by atoms with E-state index in [1.54, 1.807) is 0 Å². The molecule has 0 aliphatic carbocycles. The number of rotatable bonds is 7. The molecule has 0 heterocycles. The van der Waals surface area contributed by atoms with Crippen LogP contribution in [0.3, 0.4) is 0 Å². The molecule has 2 aromatic carbocycles. The highest BCUT2D eigenvalue weighted by Gasteiger charge is 2.08. The Kier molecular flexibility index (Phi) is 6.62. The third kappa shape index (κ3) is 5.69. The summed E-state index contributed by atoms with van der Waals surface area (Å²) in [6.45, 7) is 2.75. The van der Waals surface area contributed by atoms with Gasteiger partial charge >= 0.3 is 0 Å². The van der Waals surface area contributed by atoms with Crippen LogP contribution in [0.5, 0.6) is 5.75 Å². The summed E-state index contributed by atoms with van der Waals surface area (Å²) in [5.74, 6) is 0.670. The molecule has 0 aliphatic heterocycles. The summed E-state index contributed by atoms with van der Waals surface area (Å²) in [6.07, 6.45) is 0.293. The van der Waals surface area contributed by atoms with E-state index >= 15 is 0 Å². The van der Waals surface area contributed by atoms with Crippen LogP contribution in [0, 0.1) is 6.92 Å². The first-order valence-electron chi connectivity index (χ1n) is 7.52. The van der Waals surface area contributed by atoms with E-state index in [1.165, 1.54) is 0 Å². The molecule has 0 aromatic heterocycles. The van der Waals surface area contributed by atoms with Crippen LogP contribution in [-0.2, 0) is 4.79 Å². The maximum Gasteiger partial charge on any atom is 0.223 e. The topological polar surface area (TPSA) is 64.3 Å². The van der Waals surface area contributed by atoms with E-state index < -0.39 is 0 Å². The first-order chi connectivity index (χ1) is 11.1. The Bertz CT molecular complexity index is 647. The Morgan fingerprint density at radius 1 is 1.26 bits per heavy atom. The van der Waals surface area contributed by atoms with Gasteiger partial charge in [-0.2, -0.15) is 0 Å². The van der Waals surface area contributed by atoms with Crippen molar-refractivity contribution in [1.29, 1.82) is 0 Å². The van der Waals surface area contributed by atoms with Crippen LogP contribution < -0.4 is 15.8 Å². The fourth-order valence-corrected chi connectivity index (χ4v) is 2.71. The summed E-state index contributed by atoms with van der Waals surface area (Å²) in [5, 5.41) is 2.84. The lowest BCUT2D eigenvalue weighted by Crippen LogP contribution is -2.32. The van der Waals surface area contributed by atoms with Gasteiger partial charge in [-0.3, -0.25) is 4.79 Å². The van der Waals surface area contributed by atoms with E-state index in [9.17, 15) is 4.79 Å². The minimum absolute atomic E-state index is 0.0698. The minimum atomic E-state index is -0.202. The number of benzene rings is 2. The third-order valence-electron chi connectivity index (χ3n) is 3.42. The molecule has 4 nitrogen and oxygen atoms in total. The van der Waals surface area contributed by atoms with Gasteiger partial charge in [0, 0.05) is 12.6 Å². The van der Waals surface area contributed by atoms with Gasteiger partial charge in [0.25, 0.3) is 0 Å². The van der Waals surface area contributed by atoms with Gasteiger partial charge in [-0.15, -0.1) is 0 Å². The molecular formula is C18H21BrN2O2. The van der Waals surface area contributed by atoms with Crippen LogP contribution in [0.25, 0.3) is 0 Å². The van der Waals surface area contributed by atoms with Crippen LogP contribution in [0.4, 0.5) is 0 Å². The van der Waals surface area contributed by atoms with E-state index in [1.807, 2.05) is 55.5 Å². The molecule has 0 saturated carbocycles. The summed E-state index contributed by atoms with van der Waals surface area (Å²) in [7, 11) is 0. The monoisotopic (exact) mass is 376 g/mol. The maximum atomic E-state index is 11.8. The van der Waals surface area contributed by atoms with Crippen molar-refractivity contribution in [3.8, 4) is 5.75 Å². The lowest BCUT2D eigenvalue weighted by atomic mass is 10.1. The Morgan fingerprint density at radius 3 is 2.70 bits per heavy atom. The lowest BCUT2D eigenvalue weighted by Gasteiger charge is -2.13. The predicted molar refractivity (Wildman–Crippen MR) is 95.4 cm³/mol. The highest BCUT2D eigenvalue weighted by atomic mass is 79.9. The number of nitrogens with one attached hydrogen (secondary N) is 1. The van der Waals surface area contributed by atoms with Gasteiger partial charge in [0.05, 0.1) is 17.5 Å². The van der Waals surface area contributed by atoms with Crippen molar-refractivity contribution in [3.63, 3.8) is 0 Å². The fraction of sp³-hybridized carbons (Fsp3) is 0.278. The summed E-state index contributed by atoms with van der Waals surface area (Å²) < 4.78 is 6.51. The first kappa shape index (κ1) is 17.5. The molecule has 2 aromatic rings. The zero-order valence-corrected chi connectivity index (χ0v) is 14.7. The third-order valence-corrected chi connectivity index (χ3v) is 4.04. The number of aryl methyl sites for hydroxylation is 1. The molecule has 5 heteroatoms. The number of carbonyl (C=O) groups is 1. The van der Waals surface area contributed by atoms with Crippen molar-refractivity contribution in [1.82, 2.24) is 5.32 Å². The molecule has 1 unspecified atom stereocenters. The second-order valence-corrected chi connectivity index (χ2v) is 6.21. The number of ether oxygens (including phenoxy) is 1. The number of nitrogens with two attached hydrogens (primary N) is 1. The first-order valence-corrected chi connectivity index (χ1v) is 8.31. The molecular weight excluding hydrogens is 356 g/mol. The van der Waals surface area contributed by atoms with Gasteiger partial charge in [0.2, 0.25) is 5.91 Å². The molecule has 2 rings (SSSR count). The number of halogens is 1. The summed E-state index contributed by atoms with van der Waals surface area (Å²) in [6, 6.07) is 15.4. The van der Waals surface area contributed by atoms with Gasteiger partial charge in [0.1, 0.15) is 5.75 Å². The highest BCUT2D eigenvalue weighted by Crippen LogP contribution is 2.25. The Hall–Kier alpha value is -1.85. The molecule has 0 spiro atoms. The predicted octanol–water partition coefficient (Wildman–Crippen LogP) is 3.34. The van der Waals surface area contributed by atoms with Crippen molar-refractivity contribution in [2.75, 3.05) is 13.2 Å². The second-order valence-electron chi connectivity index (χ2n) is 5.35. The van der Waals surface area contributed by atoms with Crippen molar-refractivity contribution in [2.24, 2.45) is 5.73 Å². The van der Waals surface area contributed by atoms with Gasteiger partial charge < -0.3 is 15.8 Å². The number of hydrogen-bond donors (Lipinski definition) is 2. The fourth-order valence-electron chi connectivity index (χ4n) is 2.11. The Morgan fingerprint density at radius 2 is 2.00 bits per heavy atom.